The highest BCUT2D eigenvalue weighted by atomic mass is 16.2. The molecule has 1 saturated carbocycles. The molecule has 29 heavy (non-hydrogen) atoms. The summed E-state index contributed by atoms with van der Waals surface area (Å²) in [6.45, 7) is -0.209. The number of nitrogens with one attached hydrogen (secondary N) is 1. The number of imide groups is 1. The third kappa shape index (κ3) is 4.09. The minimum absolute atomic E-state index is 0.157. The third-order valence-corrected chi connectivity index (χ3v) is 6.13. The number of hydrogen-bond donors (Lipinski definition) is 1. The number of hydrogen-bond acceptors (Lipinski definition) is 3. The molecule has 1 N–H and O–H groups in total. The lowest BCUT2D eigenvalue weighted by molar-refractivity contribution is -0.144. The van der Waals surface area contributed by atoms with Gasteiger partial charge in [-0.2, -0.15) is 0 Å². The largest absolute Gasteiger partial charge is 0.324 e. The van der Waals surface area contributed by atoms with Gasteiger partial charge in [0, 0.05) is 12.1 Å². The zero-order valence-electron chi connectivity index (χ0n) is 16.5. The molecule has 1 aliphatic heterocycles. The number of rotatable bonds is 5. The zero-order chi connectivity index (χ0) is 20.3. The monoisotopic (exact) mass is 390 g/mol. The Kier molecular flexibility index (Phi) is 5.47. The average molecular weight is 390 g/mol. The summed E-state index contributed by atoms with van der Waals surface area (Å²) in [4.78, 5) is 39.2. The van der Waals surface area contributed by atoms with E-state index in [2.05, 4.69) is 5.32 Å². The molecule has 1 spiro atoms. The second-order valence-corrected chi connectivity index (χ2v) is 8.17. The molecule has 1 heterocycles. The van der Waals surface area contributed by atoms with E-state index in [-0.39, 0.29) is 30.7 Å². The Bertz CT molecular complexity index is 917. The van der Waals surface area contributed by atoms with E-state index in [0.717, 1.165) is 43.2 Å². The molecule has 0 radical (unpaired) electrons. The SMILES string of the molecule is O=C(CN1C(=O)CC2(CCCCC2)C1=O)Nc1ccccc1Cc1ccccc1. The highest BCUT2D eigenvalue weighted by molar-refractivity contribution is 6.09. The van der Waals surface area contributed by atoms with Crippen molar-refractivity contribution in [2.45, 2.75) is 44.9 Å². The van der Waals surface area contributed by atoms with Crippen LogP contribution in [-0.4, -0.2) is 29.2 Å². The highest BCUT2D eigenvalue weighted by Crippen LogP contribution is 2.45. The molecule has 1 saturated heterocycles. The van der Waals surface area contributed by atoms with Crippen molar-refractivity contribution in [3.05, 3.63) is 65.7 Å². The Balaban J connectivity index is 1.44. The van der Waals surface area contributed by atoms with Gasteiger partial charge in [0.25, 0.3) is 0 Å². The molecule has 5 nitrogen and oxygen atoms in total. The summed E-state index contributed by atoms with van der Waals surface area (Å²) >= 11 is 0. The van der Waals surface area contributed by atoms with Crippen molar-refractivity contribution in [2.75, 3.05) is 11.9 Å². The maximum atomic E-state index is 12.9. The van der Waals surface area contributed by atoms with Gasteiger partial charge < -0.3 is 5.32 Å². The lowest BCUT2D eigenvalue weighted by atomic mass is 9.73. The van der Waals surface area contributed by atoms with Crippen LogP contribution in [0.5, 0.6) is 0 Å². The molecule has 0 bridgehead atoms. The highest BCUT2D eigenvalue weighted by Gasteiger charge is 2.51. The van der Waals surface area contributed by atoms with Crippen LogP contribution < -0.4 is 5.32 Å². The second kappa shape index (κ2) is 8.19. The number of anilines is 1. The van der Waals surface area contributed by atoms with Crippen LogP contribution in [0.2, 0.25) is 0 Å². The van der Waals surface area contributed by atoms with E-state index < -0.39 is 5.41 Å². The minimum Gasteiger partial charge on any atom is -0.324 e. The van der Waals surface area contributed by atoms with Crippen LogP contribution in [0.25, 0.3) is 0 Å². The van der Waals surface area contributed by atoms with Crippen molar-refractivity contribution >= 4 is 23.4 Å². The smallest absolute Gasteiger partial charge is 0.244 e. The maximum Gasteiger partial charge on any atom is 0.244 e. The third-order valence-electron chi connectivity index (χ3n) is 6.13. The molecule has 150 valence electrons. The Morgan fingerprint density at radius 1 is 0.931 bits per heavy atom. The second-order valence-electron chi connectivity index (χ2n) is 8.17. The van der Waals surface area contributed by atoms with Gasteiger partial charge in [-0.05, 0) is 36.5 Å². The predicted octanol–water partition coefficient (Wildman–Crippen LogP) is 3.93. The van der Waals surface area contributed by atoms with Gasteiger partial charge in [0.15, 0.2) is 0 Å². The van der Waals surface area contributed by atoms with Crippen LogP contribution >= 0.6 is 0 Å². The number of likely N-dealkylation sites (tertiary alicyclic amines) is 1. The van der Waals surface area contributed by atoms with Gasteiger partial charge in [0.2, 0.25) is 17.7 Å². The standard InChI is InChI=1S/C24H26N2O3/c27-21(17-26-22(28)16-24(23(26)29)13-7-2-8-14-24)25-20-12-6-5-11-19(20)15-18-9-3-1-4-10-18/h1,3-6,9-12H,2,7-8,13-17H2,(H,25,27). The fourth-order valence-electron chi connectivity index (χ4n) is 4.58. The molecule has 2 fully saturated rings. The molecule has 0 unspecified atom stereocenters. The summed E-state index contributed by atoms with van der Waals surface area (Å²) in [5, 5.41) is 2.91. The van der Waals surface area contributed by atoms with E-state index in [9.17, 15) is 14.4 Å². The predicted molar refractivity (Wildman–Crippen MR) is 111 cm³/mol. The molecule has 3 amide bonds. The molecular weight excluding hydrogens is 364 g/mol. The van der Waals surface area contributed by atoms with Crippen LogP contribution in [0.15, 0.2) is 54.6 Å². The summed E-state index contributed by atoms with van der Waals surface area (Å²) in [7, 11) is 0. The fourth-order valence-corrected chi connectivity index (χ4v) is 4.58. The molecule has 2 aromatic carbocycles. The van der Waals surface area contributed by atoms with Crippen LogP contribution in [0.3, 0.4) is 0 Å². The van der Waals surface area contributed by atoms with E-state index in [4.69, 9.17) is 0 Å². The average Bonchev–Trinajstić information content (AvgIpc) is 2.95. The number of carbonyl (C=O) groups excluding carboxylic acids is 3. The number of nitrogens with zero attached hydrogens (tertiary/aromatic N) is 1. The van der Waals surface area contributed by atoms with Crippen molar-refractivity contribution in [2.24, 2.45) is 5.41 Å². The van der Waals surface area contributed by atoms with Gasteiger partial charge in [-0.15, -0.1) is 0 Å². The first-order valence-corrected chi connectivity index (χ1v) is 10.3. The fraction of sp³-hybridized carbons (Fsp3) is 0.375. The van der Waals surface area contributed by atoms with E-state index in [1.807, 2.05) is 54.6 Å². The van der Waals surface area contributed by atoms with E-state index in [0.29, 0.717) is 12.1 Å². The van der Waals surface area contributed by atoms with Crippen LogP contribution in [-0.2, 0) is 20.8 Å². The van der Waals surface area contributed by atoms with Gasteiger partial charge in [0.1, 0.15) is 6.54 Å². The van der Waals surface area contributed by atoms with Gasteiger partial charge in [-0.3, -0.25) is 19.3 Å². The lowest BCUT2D eigenvalue weighted by Gasteiger charge is -2.30. The van der Waals surface area contributed by atoms with E-state index >= 15 is 0 Å². The first kappa shape index (κ1) is 19.4. The summed E-state index contributed by atoms with van der Waals surface area (Å²) < 4.78 is 0. The Hall–Kier alpha value is -2.95. The van der Waals surface area contributed by atoms with Crippen molar-refractivity contribution in [1.29, 1.82) is 0 Å². The molecule has 2 aliphatic rings. The van der Waals surface area contributed by atoms with Gasteiger partial charge >= 0.3 is 0 Å². The summed E-state index contributed by atoms with van der Waals surface area (Å²) in [6.07, 6.45) is 5.54. The summed E-state index contributed by atoms with van der Waals surface area (Å²) in [5.74, 6) is -0.709. The Morgan fingerprint density at radius 3 is 2.38 bits per heavy atom. The summed E-state index contributed by atoms with van der Waals surface area (Å²) in [6, 6.07) is 17.7. The molecule has 4 rings (SSSR count). The van der Waals surface area contributed by atoms with Crippen LogP contribution in [0.4, 0.5) is 5.69 Å². The minimum atomic E-state index is -0.555. The number of amides is 3. The molecule has 0 aromatic heterocycles. The normalized spacial score (nSPS) is 18.3. The maximum absolute atomic E-state index is 12.9. The van der Waals surface area contributed by atoms with Crippen molar-refractivity contribution in [1.82, 2.24) is 4.90 Å². The quantitative estimate of drug-likeness (QED) is 0.787. The topological polar surface area (TPSA) is 66.5 Å². The first-order valence-electron chi connectivity index (χ1n) is 10.3. The van der Waals surface area contributed by atoms with Gasteiger partial charge in [-0.1, -0.05) is 67.8 Å². The number of benzene rings is 2. The van der Waals surface area contributed by atoms with Crippen LogP contribution in [0.1, 0.15) is 49.7 Å². The number of para-hydroxylation sites is 1. The van der Waals surface area contributed by atoms with Crippen molar-refractivity contribution in [3.63, 3.8) is 0 Å². The van der Waals surface area contributed by atoms with Gasteiger partial charge in [0.05, 0.1) is 5.41 Å². The molecule has 0 atom stereocenters. The molecule has 5 heteroatoms. The molecular formula is C24H26N2O3. The van der Waals surface area contributed by atoms with Crippen LogP contribution in [0, 0.1) is 5.41 Å². The lowest BCUT2D eigenvalue weighted by Crippen LogP contribution is -2.41. The Morgan fingerprint density at radius 2 is 1.62 bits per heavy atom. The van der Waals surface area contributed by atoms with Crippen molar-refractivity contribution in [3.8, 4) is 0 Å². The zero-order valence-corrected chi connectivity index (χ0v) is 16.5. The van der Waals surface area contributed by atoms with E-state index in [1.54, 1.807) is 0 Å². The van der Waals surface area contributed by atoms with Crippen molar-refractivity contribution < 1.29 is 14.4 Å². The van der Waals surface area contributed by atoms with Gasteiger partial charge in [-0.25, -0.2) is 0 Å². The Labute approximate surface area is 171 Å². The molecule has 2 aromatic rings. The summed E-state index contributed by atoms with van der Waals surface area (Å²) in [5.41, 5.74) is 2.31. The molecule has 1 aliphatic carbocycles. The number of carbonyl (C=O) groups is 3. The first-order chi connectivity index (χ1) is 14.1. The van der Waals surface area contributed by atoms with E-state index in [1.165, 1.54) is 4.90 Å².